The van der Waals surface area contributed by atoms with E-state index in [1.54, 1.807) is 19.1 Å². The van der Waals surface area contributed by atoms with Crippen LogP contribution >= 0.6 is 0 Å². The average Bonchev–Trinajstić information content (AvgIpc) is 2.27. The van der Waals surface area contributed by atoms with Crippen LogP contribution in [0.1, 0.15) is 13.3 Å². The summed E-state index contributed by atoms with van der Waals surface area (Å²) in [5.41, 5.74) is 0.889. The molecule has 0 aliphatic carbocycles. The summed E-state index contributed by atoms with van der Waals surface area (Å²) in [6, 6.07) is 6.16. The maximum Gasteiger partial charge on any atom is 0.232 e. The molecule has 6 nitrogen and oxygen atoms in total. The van der Waals surface area contributed by atoms with Crippen LogP contribution in [0.3, 0.4) is 0 Å². The predicted octanol–water partition coefficient (Wildman–Crippen LogP) is 1.23. The number of benzene rings is 1. The molecule has 0 spiro atoms. The molecule has 0 fully saturated rings. The highest BCUT2D eigenvalue weighted by atomic mass is 32.2. The van der Waals surface area contributed by atoms with Crippen molar-refractivity contribution in [3.63, 3.8) is 0 Å². The minimum absolute atomic E-state index is 0.0536. The lowest BCUT2D eigenvalue weighted by Crippen LogP contribution is -2.24. The van der Waals surface area contributed by atoms with Crippen LogP contribution in [-0.2, 0) is 20.0 Å². The van der Waals surface area contributed by atoms with Crippen LogP contribution < -0.4 is 9.03 Å². The van der Waals surface area contributed by atoms with Gasteiger partial charge in [0.2, 0.25) is 20.0 Å². The summed E-state index contributed by atoms with van der Waals surface area (Å²) in [7, 11) is -5.21. The van der Waals surface area contributed by atoms with Gasteiger partial charge in [0.1, 0.15) is 0 Å². The second kappa shape index (κ2) is 5.79. The first-order valence-corrected chi connectivity index (χ1v) is 9.20. The van der Waals surface area contributed by atoms with Gasteiger partial charge < -0.3 is 0 Å². The number of sulfonamides is 2. The van der Waals surface area contributed by atoms with Gasteiger partial charge in [-0.15, -0.1) is 0 Å². The Hall–Kier alpha value is -1.28. The molecule has 0 atom stereocenters. The van der Waals surface area contributed by atoms with Crippen LogP contribution in [0.2, 0.25) is 0 Å². The highest BCUT2D eigenvalue weighted by molar-refractivity contribution is 7.92. The Bertz CT molecular complexity index is 621. The van der Waals surface area contributed by atoms with Crippen molar-refractivity contribution >= 4 is 31.4 Å². The molecule has 1 aromatic rings. The first-order valence-electron chi connectivity index (χ1n) is 5.70. The zero-order valence-corrected chi connectivity index (χ0v) is 12.8. The van der Waals surface area contributed by atoms with Crippen LogP contribution in [0, 0.1) is 0 Å². The summed E-state index contributed by atoms with van der Waals surface area (Å²) in [5.74, 6) is 0.0536. The highest BCUT2D eigenvalue weighted by Gasteiger charge is 2.12. The van der Waals surface area contributed by atoms with Gasteiger partial charge in [0.15, 0.2) is 0 Å². The van der Waals surface area contributed by atoms with E-state index in [1.807, 2.05) is 0 Å². The van der Waals surface area contributed by atoms with E-state index < -0.39 is 20.0 Å². The molecule has 0 radical (unpaired) electrons. The molecule has 1 aromatic carbocycles. The van der Waals surface area contributed by atoms with Crippen molar-refractivity contribution in [2.45, 2.75) is 13.3 Å². The standard InChI is InChI=1S/C11H18N2O4S2/c1-4-9-19(16,17)12-10-5-7-11(8-6-10)13(2)18(3,14)15/h5-8,12H,4,9H2,1-3H3. The van der Waals surface area contributed by atoms with Gasteiger partial charge in [0.25, 0.3) is 0 Å². The van der Waals surface area contributed by atoms with Gasteiger partial charge in [-0.05, 0) is 30.7 Å². The molecule has 0 saturated heterocycles. The Kier molecular flexibility index (Phi) is 4.81. The van der Waals surface area contributed by atoms with Gasteiger partial charge in [-0.25, -0.2) is 16.8 Å². The maximum absolute atomic E-state index is 11.6. The number of rotatable bonds is 6. The van der Waals surface area contributed by atoms with Crippen LogP contribution in [0.4, 0.5) is 11.4 Å². The summed E-state index contributed by atoms with van der Waals surface area (Å²) < 4.78 is 49.4. The molecule has 0 aromatic heterocycles. The van der Waals surface area contributed by atoms with Gasteiger partial charge in [-0.2, -0.15) is 0 Å². The number of nitrogens with zero attached hydrogens (tertiary/aromatic N) is 1. The largest absolute Gasteiger partial charge is 0.284 e. The summed E-state index contributed by atoms with van der Waals surface area (Å²) in [6.45, 7) is 1.78. The smallest absolute Gasteiger partial charge is 0.232 e. The van der Waals surface area contributed by atoms with Gasteiger partial charge in [-0.1, -0.05) is 6.92 Å². The Balaban J connectivity index is 2.89. The summed E-state index contributed by atoms with van der Waals surface area (Å²) in [5, 5.41) is 0. The Morgan fingerprint density at radius 3 is 2.05 bits per heavy atom. The van der Waals surface area contributed by atoms with E-state index in [0.717, 1.165) is 10.6 Å². The molecule has 19 heavy (non-hydrogen) atoms. The van der Waals surface area contributed by atoms with Crippen molar-refractivity contribution in [1.82, 2.24) is 0 Å². The Morgan fingerprint density at radius 1 is 1.11 bits per heavy atom. The predicted molar refractivity (Wildman–Crippen MR) is 77.4 cm³/mol. The Labute approximate surface area is 114 Å². The van der Waals surface area contributed by atoms with E-state index in [2.05, 4.69) is 4.72 Å². The third kappa shape index (κ3) is 4.71. The van der Waals surface area contributed by atoms with E-state index in [1.165, 1.54) is 19.2 Å². The third-order valence-corrected chi connectivity index (χ3v) is 5.17. The fourth-order valence-corrected chi connectivity index (χ4v) is 3.07. The molecule has 0 unspecified atom stereocenters. The van der Waals surface area contributed by atoms with Crippen molar-refractivity contribution in [3.8, 4) is 0 Å². The molecule has 1 rings (SSSR count). The van der Waals surface area contributed by atoms with Gasteiger partial charge in [-0.3, -0.25) is 9.03 Å². The normalized spacial score (nSPS) is 12.2. The fourth-order valence-electron chi connectivity index (χ4n) is 1.43. The zero-order valence-electron chi connectivity index (χ0n) is 11.1. The quantitative estimate of drug-likeness (QED) is 0.857. The number of nitrogens with one attached hydrogen (secondary N) is 1. The van der Waals surface area contributed by atoms with E-state index >= 15 is 0 Å². The molecule has 0 aliphatic heterocycles. The first kappa shape index (κ1) is 15.8. The van der Waals surface area contributed by atoms with Crippen molar-refractivity contribution < 1.29 is 16.8 Å². The maximum atomic E-state index is 11.6. The lowest BCUT2D eigenvalue weighted by Gasteiger charge is -2.17. The monoisotopic (exact) mass is 306 g/mol. The van der Waals surface area contributed by atoms with Crippen molar-refractivity contribution in [3.05, 3.63) is 24.3 Å². The first-order chi connectivity index (χ1) is 8.65. The zero-order chi connectivity index (χ0) is 14.7. The van der Waals surface area contributed by atoms with Crippen LogP contribution in [0.5, 0.6) is 0 Å². The van der Waals surface area contributed by atoms with E-state index in [9.17, 15) is 16.8 Å². The third-order valence-electron chi connectivity index (χ3n) is 2.47. The Morgan fingerprint density at radius 2 is 1.63 bits per heavy atom. The molecule has 8 heteroatoms. The molecule has 0 aliphatic rings. The number of hydrogen-bond acceptors (Lipinski definition) is 4. The summed E-state index contributed by atoms with van der Waals surface area (Å²) in [4.78, 5) is 0. The second-order valence-corrected chi connectivity index (χ2v) is 8.05. The van der Waals surface area contributed by atoms with Gasteiger partial charge >= 0.3 is 0 Å². The summed E-state index contributed by atoms with van der Waals surface area (Å²) >= 11 is 0. The van der Waals surface area contributed by atoms with Crippen LogP contribution in [0.15, 0.2) is 24.3 Å². The second-order valence-electron chi connectivity index (χ2n) is 4.20. The van der Waals surface area contributed by atoms with Crippen molar-refractivity contribution in [1.29, 1.82) is 0 Å². The minimum Gasteiger partial charge on any atom is -0.284 e. The number of anilines is 2. The van der Waals surface area contributed by atoms with E-state index in [0.29, 0.717) is 17.8 Å². The van der Waals surface area contributed by atoms with Crippen molar-refractivity contribution in [2.75, 3.05) is 28.1 Å². The van der Waals surface area contributed by atoms with E-state index in [4.69, 9.17) is 0 Å². The van der Waals surface area contributed by atoms with E-state index in [-0.39, 0.29) is 5.75 Å². The molecule has 0 saturated carbocycles. The molecule has 0 amide bonds. The number of hydrogen-bond donors (Lipinski definition) is 1. The summed E-state index contributed by atoms with van der Waals surface area (Å²) in [6.07, 6.45) is 1.63. The molecule has 0 bridgehead atoms. The molecule has 0 heterocycles. The molecule has 108 valence electrons. The molecular formula is C11H18N2O4S2. The van der Waals surface area contributed by atoms with Crippen LogP contribution in [0.25, 0.3) is 0 Å². The topological polar surface area (TPSA) is 83.6 Å². The average molecular weight is 306 g/mol. The lowest BCUT2D eigenvalue weighted by molar-refractivity contribution is 0.598. The minimum atomic E-state index is -3.33. The van der Waals surface area contributed by atoms with Crippen LogP contribution in [-0.4, -0.2) is 35.9 Å². The lowest BCUT2D eigenvalue weighted by atomic mass is 10.3. The van der Waals surface area contributed by atoms with Crippen molar-refractivity contribution in [2.24, 2.45) is 0 Å². The SMILES string of the molecule is CCCS(=O)(=O)Nc1ccc(N(C)S(C)(=O)=O)cc1. The highest BCUT2D eigenvalue weighted by Crippen LogP contribution is 2.19. The van der Waals surface area contributed by atoms with Gasteiger partial charge in [0.05, 0.1) is 17.7 Å². The fraction of sp³-hybridized carbons (Fsp3) is 0.455. The van der Waals surface area contributed by atoms with Gasteiger partial charge in [0, 0.05) is 12.7 Å². The molecule has 1 N–H and O–H groups in total. The molecular weight excluding hydrogens is 288 g/mol.